The zero-order valence-electron chi connectivity index (χ0n) is 9.65. The molecule has 0 aliphatic heterocycles. The van der Waals surface area contributed by atoms with E-state index in [1.807, 2.05) is 6.92 Å². The van der Waals surface area contributed by atoms with Crippen molar-refractivity contribution in [1.29, 1.82) is 0 Å². The van der Waals surface area contributed by atoms with Gasteiger partial charge in [-0.2, -0.15) is 0 Å². The summed E-state index contributed by atoms with van der Waals surface area (Å²) in [5.74, 6) is 0.795. The van der Waals surface area contributed by atoms with Gasteiger partial charge in [0, 0.05) is 19.3 Å². The molecule has 2 rings (SSSR count). The van der Waals surface area contributed by atoms with E-state index in [0.29, 0.717) is 0 Å². The molecule has 2 aliphatic rings. The zero-order chi connectivity index (χ0) is 10.7. The maximum atomic E-state index is 5.89. The van der Waals surface area contributed by atoms with Crippen molar-refractivity contribution in [2.45, 2.75) is 57.3 Å². The molecular formula is C12H23NO2. The Balaban J connectivity index is 1.66. The van der Waals surface area contributed by atoms with Gasteiger partial charge in [0.1, 0.15) is 0 Å². The van der Waals surface area contributed by atoms with E-state index in [1.54, 1.807) is 0 Å². The molecule has 0 aromatic heterocycles. The van der Waals surface area contributed by atoms with E-state index >= 15 is 0 Å². The highest BCUT2D eigenvalue weighted by molar-refractivity contribution is 4.95. The van der Waals surface area contributed by atoms with Crippen LogP contribution in [0.1, 0.15) is 39.0 Å². The second kappa shape index (κ2) is 5.28. The number of nitrogens with two attached hydrogens (primary N) is 1. The van der Waals surface area contributed by atoms with Crippen LogP contribution in [0.4, 0.5) is 0 Å². The van der Waals surface area contributed by atoms with Crippen molar-refractivity contribution in [3.8, 4) is 0 Å². The summed E-state index contributed by atoms with van der Waals surface area (Å²) in [5.41, 5.74) is 5.88. The van der Waals surface area contributed by atoms with E-state index in [2.05, 4.69) is 0 Å². The second-order valence-corrected chi connectivity index (χ2v) is 4.84. The van der Waals surface area contributed by atoms with Gasteiger partial charge in [-0.25, -0.2) is 0 Å². The van der Waals surface area contributed by atoms with Crippen LogP contribution >= 0.6 is 0 Å². The Hall–Kier alpha value is -0.120. The summed E-state index contributed by atoms with van der Waals surface area (Å²) in [6.07, 6.45) is 6.84. The van der Waals surface area contributed by atoms with Crippen LogP contribution < -0.4 is 5.73 Å². The number of hydrogen-bond donors (Lipinski definition) is 1. The van der Waals surface area contributed by atoms with Crippen LogP contribution in [-0.2, 0) is 9.47 Å². The Bertz CT molecular complexity index is 192. The Morgan fingerprint density at radius 3 is 2.53 bits per heavy atom. The van der Waals surface area contributed by atoms with Crippen molar-refractivity contribution >= 4 is 0 Å². The summed E-state index contributed by atoms with van der Waals surface area (Å²) in [5, 5.41) is 0. The molecule has 2 N–H and O–H groups in total. The molecule has 0 aromatic rings. The highest BCUT2D eigenvalue weighted by Crippen LogP contribution is 2.29. The lowest BCUT2D eigenvalue weighted by molar-refractivity contribution is -0.142. The van der Waals surface area contributed by atoms with E-state index in [-0.39, 0.29) is 18.2 Å². The largest absolute Gasteiger partial charge is 0.375 e. The van der Waals surface area contributed by atoms with Crippen LogP contribution in [0.5, 0.6) is 0 Å². The number of hydrogen-bond acceptors (Lipinski definition) is 3. The molecule has 0 radical (unpaired) electrons. The summed E-state index contributed by atoms with van der Waals surface area (Å²) < 4.78 is 11.5. The predicted octanol–water partition coefficient (Wildman–Crippen LogP) is 1.70. The fourth-order valence-electron chi connectivity index (χ4n) is 2.64. The van der Waals surface area contributed by atoms with Crippen LogP contribution in [0.15, 0.2) is 0 Å². The molecule has 0 aromatic carbocycles. The van der Waals surface area contributed by atoms with Crippen LogP contribution in [-0.4, -0.2) is 31.5 Å². The smallest absolute Gasteiger partial charge is 0.0988 e. The van der Waals surface area contributed by atoms with Crippen LogP contribution in [0.2, 0.25) is 0 Å². The summed E-state index contributed by atoms with van der Waals surface area (Å²) >= 11 is 0. The Kier molecular flexibility index (Phi) is 4.00. The van der Waals surface area contributed by atoms with Crippen molar-refractivity contribution in [2.75, 3.05) is 13.2 Å². The molecule has 0 spiro atoms. The summed E-state index contributed by atoms with van der Waals surface area (Å²) in [7, 11) is 0. The van der Waals surface area contributed by atoms with Gasteiger partial charge in [0.2, 0.25) is 0 Å². The van der Waals surface area contributed by atoms with Gasteiger partial charge in [-0.1, -0.05) is 12.8 Å². The van der Waals surface area contributed by atoms with E-state index < -0.39 is 0 Å². The molecule has 0 amide bonds. The molecule has 3 atom stereocenters. The van der Waals surface area contributed by atoms with E-state index in [4.69, 9.17) is 15.2 Å². The van der Waals surface area contributed by atoms with Gasteiger partial charge in [0.15, 0.2) is 0 Å². The van der Waals surface area contributed by atoms with Gasteiger partial charge in [-0.3, -0.25) is 0 Å². The van der Waals surface area contributed by atoms with Crippen molar-refractivity contribution < 1.29 is 9.47 Å². The molecule has 3 heteroatoms. The van der Waals surface area contributed by atoms with E-state index in [9.17, 15) is 0 Å². The first-order chi connectivity index (χ1) is 7.31. The minimum Gasteiger partial charge on any atom is -0.375 e. The van der Waals surface area contributed by atoms with Gasteiger partial charge in [-0.15, -0.1) is 0 Å². The highest BCUT2D eigenvalue weighted by atomic mass is 16.5. The first-order valence-electron chi connectivity index (χ1n) is 6.30. The molecular weight excluding hydrogens is 190 g/mol. The maximum absolute atomic E-state index is 5.89. The highest BCUT2D eigenvalue weighted by Gasteiger charge is 2.40. The lowest BCUT2D eigenvalue weighted by Gasteiger charge is -2.42. The van der Waals surface area contributed by atoms with Gasteiger partial charge < -0.3 is 15.2 Å². The van der Waals surface area contributed by atoms with Gasteiger partial charge in [-0.05, 0) is 32.1 Å². The average molecular weight is 213 g/mol. The number of ether oxygens (including phenoxy) is 2. The molecule has 15 heavy (non-hydrogen) atoms. The van der Waals surface area contributed by atoms with Crippen LogP contribution in [0.25, 0.3) is 0 Å². The Morgan fingerprint density at radius 1 is 1.20 bits per heavy atom. The molecule has 0 heterocycles. The molecule has 3 unspecified atom stereocenters. The van der Waals surface area contributed by atoms with Gasteiger partial charge in [0.05, 0.1) is 12.2 Å². The standard InChI is InChI=1S/C12H23NO2/c1-2-14-12-10(13)7-11(12)15-8-9-5-3-4-6-9/h9-12H,2-8,13H2,1H3. The zero-order valence-corrected chi connectivity index (χ0v) is 9.65. The van der Waals surface area contributed by atoms with E-state index in [1.165, 1.54) is 25.7 Å². The quantitative estimate of drug-likeness (QED) is 0.756. The topological polar surface area (TPSA) is 44.5 Å². The van der Waals surface area contributed by atoms with Gasteiger partial charge in [0.25, 0.3) is 0 Å². The third kappa shape index (κ3) is 2.71. The molecule has 0 saturated heterocycles. The normalized spacial score (nSPS) is 36.8. The third-order valence-corrected chi connectivity index (χ3v) is 3.67. The maximum Gasteiger partial charge on any atom is 0.0988 e. The molecule has 88 valence electrons. The third-order valence-electron chi connectivity index (χ3n) is 3.67. The number of rotatable bonds is 5. The van der Waals surface area contributed by atoms with Crippen molar-refractivity contribution in [3.63, 3.8) is 0 Å². The summed E-state index contributed by atoms with van der Waals surface area (Å²) in [6.45, 7) is 3.67. The van der Waals surface area contributed by atoms with Crippen LogP contribution in [0, 0.1) is 5.92 Å². The molecule has 2 aliphatic carbocycles. The SMILES string of the molecule is CCOC1C(N)CC1OCC1CCCC1. The predicted molar refractivity (Wildman–Crippen MR) is 59.7 cm³/mol. The molecule has 2 fully saturated rings. The second-order valence-electron chi connectivity index (χ2n) is 4.84. The Morgan fingerprint density at radius 2 is 1.93 bits per heavy atom. The van der Waals surface area contributed by atoms with Crippen molar-refractivity contribution in [3.05, 3.63) is 0 Å². The minimum atomic E-state index is 0.149. The van der Waals surface area contributed by atoms with Crippen molar-refractivity contribution in [2.24, 2.45) is 11.7 Å². The summed E-state index contributed by atoms with van der Waals surface area (Å²) in [6, 6.07) is 0.193. The van der Waals surface area contributed by atoms with Crippen molar-refractivity contribution in [1.82, 2.24) is 0 Å². The fourth-order valence-corrected chi connectivity index (χ4v) is 2.64. The summed E-state index contributed by atoms with van der Waals surface area (Å²) in [4.78, 5) is 0. The lowest BCUT2D eigenvalue weighted by atomic mass is 9.86. The lowest BCUT2D eigenvalue weighted by Crippen LogP contribution is -2.58. The average Bonchev–Trinajstić information content (AvgIpc) is 2.73. The fraction of sp³-hybridized carbons (Fsp3) is 1.00. The first-order valence-corrected chi connectivity index (χ1v) is 6.30. The first kappa shape index (κ1) is 11.4. The van der Waals surface area contributed by atoms with E-state index in [0.717, 1.165) is 25.6 Å². The van der Waals surface area contributed by atoms with Crippen LogP contribution in [0.3, 0.4) is 0 Å². The monoisotopic (exact) mass is 213 g/mol. The molecule has 3 nitrogen and oxygen atoms in total. The molecule has 2 saturated carbocycles. The van der Waals surface area contributed by atoms with Gasteiger partial charge >= 0.3 is 0 Å². The Labute approximate surface area is 92.3 Å². The molecule has 0 bridgehead atoms. The minimum absolute atomic E-state index is 0.149.